The number of hydrogen-bond acceptors (Lipinski definition) is 6. The van der Waals surface area contributed by atoms with Crippen LogP contribution in [0.5, 0.6) is 0 Å². The van der Waals surface area contributed by atoms with Gasteiger partial charge in [-0.15, -0.1) is 0 Å². The van der Waals surface area contributed by atoms with Gasteiger partial charge in [-0.2, -0.15) is 5.10 Å². The van der Waals surface area contributed by atoms with E-state index < -0.39 is 10.8 Å². The lowest BCUT2D eigenvalue weighted by molar-refractivity contribution is -0.385. The van der Waals surface area contributed by atoms with Crippen LogP contribution in [0, 0.1) is 10.1 Å². The lowest BCUT2D eigenvalue weighted by atomic mass is 10.3. The fourth-order valence-corrected chi connectivity index (χ4v) is 2.18. The van der Waals surface area contributed by atoms with Gasteiger partial charge < -0.3 is 10.1 Å². The van der Waals surface area contributed by atoms with Gasteiger partial charge in [0.05, 0.1) is 18.1 Å². The Morgan fingerprint density at radius 2 is 2.24 bits per heavy atom. The number of nitrogens with zero attached hydrogens (tertiary/aromatic N) is 4. The third-order valence-electron chi connectivity index (χ3n) is 3.26. The van der Waals surface area contributed by atoms with Gasteiger partial charge in [0.15, 0.2) is 0 Å². The first-order valence-electron chi connectivity index (χ1n) is 6.84. The van der Waals surface area contributed by atoms with Crippen molar-refractivity contribution >= 4 is 11.6 Å². The van der Waals surface area contributed by atoms with Crippen LogP contribution in [0.2, 0.25) is 0 Å². The molecule has 1 N–H and O–H groups in total. The fraction of sp³-hybridized carbons (Fsp3) is 0.667. The zero-order valence-electron chi connectivity index (χ0n) is 11.9. The Balaban J connectivity index is 1.78. The minimum absolute atomic E-state index is 0.145. The van der Waals surface area contributed by atoms with Gasteiger partial charge in [-0.1, -0.05) is 0 Å². The molecule has 1 aliphatic heterocycles. The molecule has 9 heteroatoms. The second kappa shape index (κ2) is 7.14. The van der Waals surface area contributed by atoms with Gasteiger partial charge in [-0.05, 0) is 13.0 Å². The molecule has 21 heavy (non-hydrogen) atoms. The van der Waals surface area contributed by atoms with Crippen LogP contribution in [-0.2, 0) is 11.8 Å². The molecule has 1 fully saturated rings. The van der Waals surface area contributed by atoms with E-state index in [1.165, 1.54) is 10.9 Å². The molecule has 0 atom stereocenters. The number of nitro groups is 1. The molecule has 1 aromatic rings. The first kappa shape index (κ1) is 15.4. The molecule has 116 valence electrons. The Bertz CT molecular complexity index is 510. The number of aryl methyl sites for hydroxylation is 1. The molecular weight excluding hydrogens is 278 g/mol. The van der Waals surface area contributed by atoms with Gasteiger partial charge in [-0.3, -0.25) is 24.5 Å². The molecule has 0 aliphatic carbocycles. The van der Waals surface area contributed by atoms with Gasteiger partial charge in [0, 0.05) is 26.7 Å². The second-order valence-electron chi connectivity index (χ2n) is 4.86. The molecule has 0 saturated carbocycles. The van der Waals surface area contributed by atoms with E-state index in [9.17, 15) is 14.9 Å². The molecule has 2 heterocycles. The van der Waals surface area contributed by atoms with Crippen molar-refractivity contribution in [1.29, 1.82) is 0 Å². The van der Waals surface area contributed by atoms with Crippen molar-refractivity contribution in [3.8, 4) is 0 Å². The lowest BCUT2D eigenvalue weighted by Gasteiger charge is -2.26. The molecule has 1 aliphatic rings. The highest BCUT2D eigenvalue weighted by molar-refractivity contribution is 5.95. The highest BCUT2D eigenvalue weighted by atomic mass is 16.6. The van der Waals surface area contributed by atoms with Crippen LogP contribution in [0.25, 0.3) is 0 Å². The van der Waals surface area contributed by atoms with E-state index in [-0.39, 0.29) is 11.4 Å². The zero-order chi connectivity index (χ0) is 15.2. The zero-order valence-corrected chi connectivity index (χ0v) is 11.9. The predicted octanol–water partition coefficient (Wildman–Crippen LogP) is -0.220. The van der Waals surface area contributed by atoms with Gasteiger partial charge in [-0.25, -0.2) is 0 Å². The summed E-state index contributed by atoms with van der Waals surface area (Å²) in [6, 6.07) is 0. The maximum Gasteiger partial charge on any atom is 0.320 e. The Hall–Kier alpha value is -2.00. The first-order chi connectivity index (χ1) is 10.1. The summed E-state index contributed by atoms with van der Waals surface area (Å²) in [4.78, 5) is 24.4. The molecule has 0 bridgehead atoms. The standard InChI is InChI=1S/C12H19N5O4/c1-15-9-10(17(19)20)11(14-15)12(18)13-3-2-4-16-5-7-21-8-6-16/h9H,2-8H2,1H3,(H,13,18). The number of morpholine rings is 1. The summed E-state index contributed by atoms with van der Waals surface area (Å²) in [5.74, 6) is -0.510. The summed E-state index contributed by atoms with van der Waals surface area (Å²) in [6.07, 6.45) is 2.01. The number of nitrogens with one attached hydrogen (secondary N) is 1. The fourth-order valence-electron chi connectivity index (χ4n) is 2.18. The van der Waals surface area contributed by atoms with E-state index in [1.807, 2.05) is 0 Å². The van der Waals surface area contributed by atoms with E-state index in [1.54, 1.807) is 7.05 Å². The molecule has 0 radical (unpaired) electrons. The Labute approximate surface area is 122 Å². The van der Waals surface area contributed by atoms with Crippen molar-refractivity contribution in [3.63, 3.8) is 0 Å². The van der Waals surface area contributed by atoms with Gasteiger partial charge in [0.2, 0.25) is 5.69 Å². The number of aromatic nitrogens is 2. The maximum absolute atomic E-state index is 11.9. The molecule has 0 unspecified atom stereocenters. The number of carbonyl (C=O) groups excluding carboxylic acids is 1. The summed E-state index contributed by atoms with van der Waals surface area (Å²) < 4.78 is 6.52. The summed E-state index contributed by atoms with van der Waals surface area (Å²) in [5.41, 5.74) is -0.419. The summed E-state index contributed by atoms with van der Waals surface area (Å²) in [7, 11) is 1.54. The molecule has 0 spiro atoms. The summed E-state index contributed by atoms with van der Waals surface area (Å²) in [6.45, 7) is 4.62. The van der Waals surface area contributed by atoms with Crippen LogP contribution in [0.3, 0.4) is 0 Å². The van der Waals surface area contributed by atoms with E-state index in [2.05, 4.69) is 15.3 Å². The number of ether oxygens (including phenoxy) is 1. The molecule has 0 aromatic carbocycles. The van der Waals surface area contributed by atoms with Crippen molar-refractivity contribution in [2.75, 3.05) is 39.4 Å². The van der Waals surface area contributed by atoms with Crippen molar-refractivity contribution in [3.05, 3.63) is 22.0 Å². The molecule has 1 saturated heterocycles. The van der Waals surface area contributed by atoms with Gasteiger partial charge in [0.25, 0.3) is 5.91 Å². The minimum Gasteiger partial charge on any atom is -0.379 e. The SMILES string of the molecule is Cn1cc([N+](=O)[O-])c(C(=O)NCCCN2CCOCC2)n1. The predicted molar refractivity (Wildman–Crippen MR) is 74.1 cm³/mol. The van der Waals surface area contributed by atoms with Gasteiger partial charge >= 0.3 is 5.69 Å². The quantitative estimate of drug-likeness (QED) is 0.442. The van der Waals surface area contributed by atoms with Crippen molar-refractivity contribution in [1.82, 2.24) is 20.0 Å². The third-order valence-corrected chi connectivity index (χ3v) is 3.26. The minimum atomic E-state index is -0.602. The van der Waals surface area contributed by atoms with E-state index in [4.69, 9.17) is 4.74 Å². The summed E-state index contributed by atoms with van der Waals surface area (Å²) >= 11 is 0. The van der Waals surface area contributed by atoms with E-state index in [0.717, 1.165) is 39.3 Å². The third kappa shape index (κ3) is 4.23. The van der Waals surface area contributed by atoms with Crippen LogP contribution in [-0.4, -0.2) is 64.9 Å². The average Bonchev–Trinajstić information content (AvgIpc) is 2.87. The van der Waals surface area contributed by atoms with E-state index >= 15 is 0 Å². The second-order valence-corrected chi connectivity index (χ2v) is 4.86. The topological polar surface area (TPSA) is 103 Å². The largest absolute Gasteiger partial charge is 0.379 e. The monoisotopic (exact) mass is 297 g/mol. The highest BCUT2D eigenvalue weighted by Crippen LogP contribution is 2.15. The molecule has 1 amide bonds. The van der Waals surface area contributed by atoms with Crippen LogP contribution in [0.15, 0.2) is 6.20 Å². The molecule has 9 nitrogen and oxygen atoms in total. The van der Waals surface area contributed by atoms with Crippen molar-refractivity contribution < 1.29 is 14.5 Å². The molecule has 1 aromatic heterocycles. The van der Waals surface area contributed by atoms with Crippen LogP contribution in [0.4, 0.5) is 5.69 Å². The smallest absolute Gasteiger partial charge is 0.320 e. The van der Waals surface area contributed by atoms with Crippen molar-refractivity contribution in [2.24, 2.45) is 7.05 Å². The van der Waals surface area contributed by atoms with Crippen molar-refractivity contribution in [2.45, 2.75) is 6.42 Å². The van der Waals surface area contributed by atoms with Crippen LogP contribution >= 0.6 is 0 Å². The first-order valence-corrected chi connectivity index (χ1v) is 6.84. The highest BCUT2D eigenvalue weighted by Gasteiger charge is 2.24. The normalized spacial score (nSPS) is 15.9. The Morgan fingerprint density at radius 1 is 1.52 bits per heavy atom. The number of rotatable bonds is 6. The van der Waals surface area contributed by atoms with Crippen LogP contribution < -0.4 is 5.32 Å². The number of hydrogen-bond donors (Lipinski definition) is 1. The Kier molecular flexibility index (Phi) is 5.23. The average molecular weight is 297 g/mol. The lowest BCUT2D eigenvalue weighted by Crippen LogP contribution is -2.38. The summed E-state index contributed by atoms with van der Waals surface area (Å²) in [5, 5.41) is 17.3. The molecular formula is C12H19N5O4. The Morgan fingerprint density at radius 3 is 2.90 bits per heavy atom. The van der Waals surface area contributed by atoms with Crippen LogP contribution in [0.1, 0.15) is 16.9 Å². The molecule has 2 rings (SSSR count). The number of amides is 1. The van der Waals surface area contributed by atoms with Gasteiger partial charge in [0.1, 0.15) is 6.20 Å². The number of carbonyl (C=O) groups is 1. The van der Waals surface area contributed by atoms with E-state index in [0.29, 0.717) is 6.54 Å². The maximum atomic E-state index is 11.9.